The van der Waals surface area contributed by atoms with Crippen LogP contribution in [0, 0.1) is 0 Å². The largest absolute Gasteiger partial charge is 0.463 e. The standard InChI is InChI=1S/C28H19BrCl2N2O6S/c1-3-36-27(35)24-13(2)32-28-33(25(24)20-7-6-19(39-20)14-4-5-17(30)18(31)8-14)26(34)23(40-28)10-15-9-21-22(11-16(15)29)38-12-37-21/h4-11,25H,3,12H2,1-2H3/b23-10-/t25-/m0/s1. The first-order chi connectivity index (χ1) is 19.2. The highest BCUT2D eigenvalue weighted by Gasteiger charge is 2.35. The number of furan rings is 1. The third kappa shape index (κ3) is 4.68. The van der Waals surface area contributed by atoms with Crippen molar-refractivity contribution < 1.29 is 23.4 Å². The maximum Gasteiger partial charge on any atom is 0.338 e. The van der Waals surface area contributed by atoms with Gasteiger partial charge in [-0.15, -0.1) is 0 Å². The number of rotatable bonds is 5. The van der Waals surface area contributed by atoms with Crippen molar-refractivity contribution in [1.82, 2.24) is 4.57 Å². The van der Waals surface area contributed by atoms with Gasteiger partial charge in [-0.05, 0) is 68.0 Å². The van der Waals surface area contributed by atoms with Gasteiger partial charge in [0, 0.05) is 10.0 Å². The fraction of sp³-hybridized carbons (Fsp3) is 0.179. The number of halogens is 3. The van der Waals surface area contributed by atoms with Crippen molar-refractivity contribution in [2.45, 2.75) is 19.9 Å². The number of carbonyl (C=O) groups excluding carboxylic acids is 1. The SMILES string of the molecule is CCOC(=O)C1=C(C)N=c2s/c(=C\c3cc4c(cc3Br)OCO4)c(=O)n2[C@H]1c1ccc(-c2ccc(Cl)c(Cl)c2)o1. The van der Waals surface area contributed by atoms with Gasteiger partial charge in [-0.25, -0.2) is 9.79 Å². The molecule has 0 aliphatic carbocycles. The molecule has 2 aromatic heterocycles. The van der Waals surface area contributed by atoms with E-state index in [0.29, 0.717) is 53.7 Å². The lowest BCUT2D eigenvalue weighted by atomic mass is 10.0. The summed E-state index contributed by atoms with van der Waals surface area (Å²) in [4.78, 5) is 32.1. The van der Waals surface area contributed by atoms with Crippen molar-refractivity contribution in [2.75, 3.05) is 13.4 Å². The molecule has 0 N–H and O–H groups in total. The van der Waals surface area contributed by atoms with Crippen LogP contribution in [0.25, 0.3) is 17.4 Å². The molecule has 2 aliphatic heterocycles. The van der Waals surface area contributed by atoms with Gasteiger partial charge in [-0.3, -0.25) is 9.36 Å². The Morgan fingerprint density at radius 2 is 1.95 bits per heavy atom. The monoisotopic (exact) mass is 660 g/mol. The lowest BCUT2D eigenvalue weighted by molar-refractivity contribution is -0.139. The van der Waals surface area contributed by atoms with Crippen molar-refractivity contribution in [3.05, 3.63) is 99.3 Å². The van der Waals surface area contributed by atoms with Gasteiger partial charge in [0.15, 0.2) is 16.3 Å². The molecule has 0 radical (unpaired) electrons. The Morgan fingerprint density at radius 1 is 1.18 bits per heavy atom. The number of nitrogens with zero attached hydrogens (tertiary/aromatic N) is 2. The summed E-state index contributed by atoms with van der Waals surface area (Å²) in [6.07, 6.45) is 1.75. The Bertz CT molecular complexity index is 1910. The van der Waals surface area contributed by atoms with Gasteiger partial charge in [0.05, 0.1) is 32.5 Å². The summed E-state index contributed by atoms with van der Waals surface area (Å²) in [7, 11) is 0. The molecule has 4 heterocycles. The highest BCUT2D eigenvalue weighted by atomic mass is 79.9. The molecule has 12 heteroatoms. The number of thiazole rings is 1. The minimum absolute atomic E-state index is 0.136. The molecule has 0 bridgehead atoms. The number of benzene rings is 2. The maximum absolute atomic E-state index is 13.9. The van der Waals surface area contributed by atoms with Gasteiger partial charge in [0.2, 0.25) is 6.79 Å². The molecule has 40 heavy (non-hydrogen) atoms. The number of aromatic nitrogens is 1. The highest BCUT2D eigenvalue weighted by molar-refractivity contribution is 9.10. The van der Waals surface area contributed by atoms with Crippen molar-refractivity contribution >= 4 is 62.5 Å². The Hall–Kier alpha value is -3.31. The van der Waals surface area contributed by atoms with Gasteiger partial charge >= 0.3 is 5.97 Å². The average Bonchev–Trinajstić information content (AvgIpc) is 3.65. The zero-order valence-corrected chi connectivity index (χ0v) is 24.9. The van der Waals surface area contributed by atoms with E-state index in [-0.39, 0.29) is 24.5 Å². The first-order valence-corrected chi connectivity index (χ1v) is 14.5. The third-order valence-corrected chi connectivity index (χ3v) is 8.80. The zero-order chi connectivity index (χ0) is 28.1. The lowest BCUT2D eigenvalue weighted by Crippen LogP contribution is -2.39. The smallest absolute Gasteiger partial charge is 0.338 e. The Balaban J connectivity index is 1.51. The summed E-state index contributed by atoms with van der Waals surface area (Å²) in [6.45, 7) is 3.73. The molecule has 0 fully saturated rings. The molecule has 8 nitrogen and oxygen atoms in total. The zero-order valence-electron chi connectivity index (χ0n) is 21.0. The first-order valence-electron chi connectivity index (χ1n) is 12.1. The predicted octanol–water partition coefficient (Wildman–Crippen LogP) is 5.86. The van der Waals surface area contributed by atoms with Crippen molar-refractivity contribution in [2.24, 2.45) is 4.99 Å². The van der Waals surface area contributed by atoms with E-state index in [9.17, 15) is 9.59 Å². The number of fused-ring (bicyclic) bond motifs is 2. The van der Waals surface area contributed by atoms with E-state index in [2.05, 4.69) is 20.9 Å². The second-order valence-electron chi connectivity index (χ2n) is 8.86. The van der Waals surface area contributed by atoms with E-state index < -0.39 is 12.0 Å². The summed E-state index contributed by atoms with van der Waals surface area (Å²) in [5, 5.41) is 0.796. The van der Waals surface area contributed by atoms with Gasteiger partial charge in [0.25, 0.3) is 5.56 Å². The van der Waals surface area contributed by atoms with Crippen LogP contribution in [0.15, 0.2) is 72.4 Å². The van der Waals surface area contributed by atoms with E-state index in [4.69, 9.17) is 41.8 Å². The molecule has 2 aromatic carbocycles. The summed E-state index contributed by atoms with van der Waals surface area (Å²) in [5.74, 6) is 1.50. The molecule has 0 amide bonds. The van der Waals surface area contributed by atoms with E-state index in [0.717, 1.165) is 10.0 Å². The molecule has 4 aromatic rings. The summed E-state index contributed by atoms with van der Waals surface area (Å²) < 4.78 is 25.1. The van der Waals surface area contributed by atoms with Crippen LogP contribution in [-0.2, 0) is 9.53 Å². The van der Waals surface area contributed by atoms with E-state index in [1.807, 2.05) is 0 Å². The van der Waals surface area contributed by atoms with Crippen molar-refractivity contribution in [3.8, 4) is 22.8 Å². The van der Waals surface area contributed by atoms with Crippen LogP contribution in [0.5, 0.6) is 11.5 Å². The molecule has 0 spiro atoms. The van der Waals surface area contributed by atoms with Crippen LogP contribution in [0.2, 0.25) is 10.0 Å². The fourth-order valence-corrected chi connectivity index (χ4v) is 6.32. The van der Waals surface area contributed by atoms with Crippen molar-refractivity contribution in [3.63, 3.8) is 0 Å². The van der Waals surface area contributed by atoms with Gasteiger partial charge in [-0.2, -0.15) is 0 Å². The van der Waals surface area contributed by atoms with E-state index in [1.54, 1.807) is 62.4 Å². The van der Waals surface area contributed by atoms with Gasteiger partial charge < -0.3 is 18.6 Å². The molecule has 2 aliphatic rings. The molecule has 0 saturated heterocycles. The van der Waals surface area contributed by atoms with Crippen LogP contribution < -0.4 is 24.4 Å². The predicted molar refractivity (Wildman–Crippen MR) is 155 cm³/mol. The van der Waals surface area contributed by atoms with Crippen LogP contribution in [0.3, 0.4) is 0 Å². The minimum atomic E-state index is -0.894. The number of hydrogen-bond acceptors (Lipinski definition) is 8. The number of carbonyl (C=O) groups is 1. The molecule has 1 atom stereocenters. The maximum atomic E-state index is 13.9. The van der Waals surface area contributed by atoms with Crippen LogP contribution in [0.4, 0.5) is 0 Å². The normalized spacial score (nSPS) is 16.2. The summed E-state index contributed by atoms with van der Waals surface area (Å²) in [5.41, 5.74) is 1.75. The van der Waals surface area contributed by atoms with E-state index in [1.165, 1.54) is 15.9 Å². The number of hydrogen-bond donors (Lipinski definition) is 0. The second kappa shape index (κ2) is 10.6. The van der Waals surface area contributed by atoms with E-state index >= 15 is 0 Å². The average molecular weight is 662 g/mol. The molecule has 204 valence electrons. The molecule has 0 saturated carbocycles. The van der Waals surface area contributed by atoms with Crippen LogP contribution in [0.1, 0.15) is 31.2 Å². The van der Waals surface area contributed by atoms with Crippen LogP contribution in [-0.4, -0.2) is 23.9 Å². The van der Waals surface area contributed by atoms with Gasteiger partial charge in [-0.1, -0.05) is 50.5 Å². The molecule has 6 rings (SSSR count). The Morgan fingerprint density at radius 3 is 2.70 bits per heavy atom. The lowest BCUT2D eigenvalue weighted by Gasteiger charge is -2.22. The van der Waals surface area contributed by atoms with Crippen LogP contribution >= 0.6 is 50.5 Å². The molecule has 0 unspecified atom stereocenters. The Labute approximate surface area is 249 Å². The Kier molecular flexibility index (Phi) is 7.12. The number of esters is 1. The third-order valence-electron chi connectivity index (χ3n) is 6.40. The highest BCUT2D eigenvalue weighted by Crippen LogP contribution is 2.38. The quantitative estimate of drug-likeness (QED) is 0.249. The topological polar surface area (TPSA) is 92.3 Å². The fourth-order valence-electron chi connectivity index (χ4n) is 4.55. The number of allylic oxidation sites excluding steroid dienone is 1. The minimum Gasteiger partial charge on any atom is -0.463 e. The molecular formula is C28H19BrCl2N2O6S. The van der Waals surface area contributed by atoms with Gasteiger partial charge in [0.1, 0.15) is 17.6 Å². The molecular weight excluding hydrogens is 643 g/mol. The second-order valence-corrected chi connectivity index (χ2v) is 11.5. The summed E-state index contributed by atoms with van der Waals surface area (Å²) >= 11 is 17.1. The first kappa shape index (κ1) is 26.9. The number of ether oxygens (including phenoxy) is 3. The van der Waals surface area contributed by atoms with Crippen molar-refractivity contribution in [1.29, 1.82) is 0 Å². The summed E-state index contributed by atoms with van der Waals surface area (Å²) in [6, 6.07) is 11.3.